The Bertz CT molecular complexity index is 618. The molecule has 0 saturated carbocycles. The van der Waals surface area contributed by atoms with Crippen LogP contribution in [0.1, 0.15) is 38.2 Å². The van der Waals surface area contributed by atoms with Crippen LogP contribution >= 0.6 is 0 Å². The Hall–Kier alpha value is -1.44. The largest absolute Gasteiger partial charge is 0.481 e. The van der Waals surface area contributed by atoms with E-state index in [2.05, 4.69) is 4.72 Å². The van der Waals surface area contributed by atoms with Gasteiger partial charge in [0.2, 0.25) is 0 Å². The van der Waals surface area contributed by atoms with Gasteiger partial charge < -0.3 is 5.11 Å². The number of nitrogens with one attached hydrogen (secondary N) is 1. The predicted molar refractivity (Wildman–Crippen MR) is 88.3 cm³/mol. The van der Waals surface area contributed by atoms with Crippen LogP contribution in [0.5, 0.6) is 0 Å². The summed E-state index contributed by atoms with van der Waals surface area (Å²) >= 11 is 0. The van der Waals surface area contributed by atoms with Crippen LogP contribution in [0.3, 0.4) is 0 Å². The number of carboxylic acids is 1. The lowest BCUT2D eigenvalue weighted by Gasteiger charge is -2.25. The topological polar surface area (TPSA) is 86.7 Å². The minimum Gasteiger partial charge on any atom is -0.481 e. The van der Waals surface area contributed by atoms with E-state index in [0.717, 1.165) is 18.4 Å². The Morgan fingerprint density at radius 2 is 2.09 bits per heavy atom. The SMILES string of the molecule is CC1CCCN1S(=O)(=O)NC(CCC(=O)O)Cc1ccccc1. The molecule has 23 heavy (non-hydrogen) atoms. The van der Waals surface area contributed by atoms with Crippen molar-refractivity contribution in [3.63, 3.8) is 0 Å². The minimum absolute atomic E-state index is 0.00986. The second-order valence-corrected chi connectivity index (χ2v) is 7.70. The van der Waals surface area contributed by atoms with Gasteiger partial charge in [-0.25, -0.2) is 0 Å². The van der Waals surface area contributed by atoms with Gasteiger partial charge in [-0.2, -0.15) is 17.4 Å². The highest BCUT2D eigenvalue weighted by Gasteiger charge is 2.32. The molecule has 0 bridgehead atoms. The third-order valence-electron chi connectivity index (χ3n) is 4.15. The number of rotatable bonds is 8. The van der Waals surface area contributed by atoms with E-state index in [1.54, 1.807) is 0 Å². The highest BCUT2D eigenvalue weighted by atomic mass is 32.2. The summed E-state index contributed by atoms with van der Waals surface area (Å²) in [4.78, 5) is 10.8. The maximum absolute atomic E-state index is 12.6. The van der Waals surface area contributed by atoms with Gasteiger partial charge >= 0.3 is 5.97 Å². The Balaban J connectivity index is 2.08. The zero-order valence-electron chi connectivity index (χ0n) is 13.3. The number of carbonyl (C=O) groups is 1. The Morgan fingerprint density at radius 1 is 1.39 bits per heavy atom. The van der Waals surface area contributed by atoms with Gasteiger partial charge in [-0.15, -0.1) is 0 Å². The lowest BCUT2D eigenvalue weighted by molar-refractivity contribution is -0.137. The van der Waals surface area contributed by atoms with Gasteiger partial charge in [0.1, 0.15) is 0 Å². The van der Waals surface area contributed by atoms with Crippen LogP contribution in [0, 0.1) is 0 Å². The number of nitrogens with zero attached hydrogens (tertiary/aromatic N) is 1. The Morgan fingerprint density at radius 3 is 2.65 bits per heavy atom. The summed E-state index contributed by atoms with van der Waals surface area (Å²) in [5.74, 6) is -0.920. The van der Waals surface area contributed by atoms with Crippen molar-refractivity contribution in [2.45, 2.75) is 51.1 Å². The molecule has 1 aliphatic rings. The molecular formula is C16H24N2O4S. The fourth-order valence-electron chi connectivity index (χ4n) is 2.94. The molecule has 2 N–H and O–H groups in total. The average Bonchev–Trinajstić information content (AvgIpc) is 2.92. The summed E-state index contributed by atoms with van der Waals surface area (Å²) in [6.45, 7) is 2.42. The standard InChI is InChI=1S/C16H24N2O4S/c1-13-6-5-11-18(13)23(21,22)17-15(9-10-16(19)20)12-14-7-3-2-4-8-14/h2-4,7-8,13,15,17H,5-6,9-12H2,1H3,(H,19,20). The van der Waals surface area contributed by atoms with Gasteiger partial charge in [0.15, 0.2) is 0 Å². The van der Waals surface area contributed by atoms with Crippen molar-refractivity contribution in [2.24, 2.45) is 0 Å². The Kier molecular flexibility index (Phi) is 6.15. The highest BCUT2D eigenvalue weighted by molar-refractivity contribution is 7.87. The van der Waals surface area contributed by atoms with Crippen molar-refractivity contribution in [1.29, 1.82) is 0 Å². The van der Waals surface area contributed by atoms with Crippen molar-refractivity contribution in [3.05, 3.63) is 35.9 Å². The molecule has 0 aromatic heterocycles. The third kappa shape index (κ3) is 5.30. The van der Waals surface area contributed by atoms with Gasteiger partial charge in [0.05, 0.1) is 0 Å². The van der Waals surface area contributed by atoms with Crippen LogP contribution in [-0.2, 0) is 21.4 Å². The normalized spacial score (nSPS) is 20.5. The molecule has 2 unspecified atom stereocenters. The lowest BCUT2D eigenvalue weighted by Crippen LogP contribution is -2.47. The zero-order chi connectivity index (χ0) is 16.9. The first-order valence-corrected chi connectivity index (χ1v) is 9.37. The molecule has 1 fully saturated rings. The van der Waals surface area contributed by atoms with E-state index < -0.39 is 22.2 Å². The monoisotopic (exact) mass is 340 g/mol. The molecule has 7 heteroatoms. The van der Waals surface area contributed by atoms with Crippen LogP contribution in [0.4, 0.5) is 0 Å². The molecule has 0 spiro atoms. The van der Waals surface area contributed by atoms with Gasteiger partial charge in [-0.3, -0.25) is 4.79 Å². The first-order valence-electron chi connectivity index (χ1n) is 7.93. The quantitative estimate of drug-likeness (QED) is 0.755. The number of hydrogen-bond acceptors (Lipinski definition) is 3. The van der Waals surface area contributed by atoms with Gasteiger partial charge in [0.25, 0.3) is 10.2 Å². The first kappa shape index (κ1) is 17.9. The average molecular weight is 340 g/mol. The maximum Gasteiger partial charge on any atom is 0.303 e. The molecule has 1 saturated heterocycles. The molecule has 1 aromatic carbocycles. The molecule has 1 aromatic rings. The van der Waals surface area contributed by atoms with E-state index in [4.69, 9.17) is 5.11 Å². The predicted octanol–water partition coefficient (Wildman–Crippen LogP) is 1.78. The smallest absolute Gasteiger partial charge is 0.303 e. The van der Waals surface area contributed by atoms with Crippen LogP contribution in [0.15, 0.2) is 30.3 Å². The molecule has 6 nitrogen and oxygen atoms in total. The van der Waals surface area contributed by atoms with E-state index in [-0.39, 0.29) is 18.9 Å². The second-order valence-electron chi connectivity index (χ2n) is 6.04. The summed E-state index contributed by atoms with van der Waals surface area (Å²) in [5.41, 5.74) is 0.986. The van der Waals surface area contributed by atoms with Crippen molar-refractivity contribution < 1.29 is 18.3 Å². The van der Waals surface area contributed by atoms with Crippen LogP contribution in [0.25, 0.3) is 0 Å². The van der Waals surface area contributed by atoms with Gasteiger partial charge in [-0.1, -0.05) is 30.3 Å². The van der Waals surface area contributed by atoms with E-state index in [9.17, 15) is 13.2 Å². The minimum atomic E-state index is -3.59. The number of hydrogen-bond donors (Lipinski definition) is 2. The zero-order valence-corrected chi connectivity index (χ0v) is 14.1. The summed E-state index contributed by atoms with van der Waals surface area (Å²) in [6, 6.07) is 9.07. The number of benzene rings is 1. The van der Waals surface area contributed by atoms with E-state index in [1.165, 1.54) is 4.31 Å². The van der Waals surface area contributed by atoms with Crippen molar-refractivity contribution in [1.82, 2.24) is 9.03 Å². The molecule has 0 aliphatic carbocycles. The van der Waals surface area contributed by atoms with Crippen LogP contribution in [0.2, 0.25) is 0 Å². The maximum atomic E-state index is 12.6. The third-order valence-corrected chi connectivity index (χ3v) is 5.94. The molecule has 2 atom stereocenters. The van der Waals surface area contributed by atoms with Crippen LogP contribution < -0.4 is 4.72 Å². The summed E-state index contributed by atoms with van der Waals surface area (Å²) in [5, 5.41) is 8.89. The van der Waals surface area contributed by atoms with Crippen molar-refractivity contribution in [2.75, 3.05) is 6.54 Å². The fraction of sp³-hybridized carbons (Fsp3) is 0.562. The summed E-state index contributed by atoms with van der Waals surface area (Å²) in [7, 11) is -3.59. The number of carboxylic acid groups (broad SMARTS) is 1. The molecular weight excluding hydrogens is 316 g/mol. The molecule has 1 aliphatic heterocycles. The van der Waals surface area contributed by atoms with Gasteiger partial charge in [-0.05, 0) is 38.2 Å². The first-order chi connectivity index (χ1) is 10.9. The molecule has 128 valence electrons. The van der Waals surface area contributed by atoms with Crippen molar-refractivity contribution >= 4 is 16.2 Å². The fourth-order valence-corrected chi connectivity index (χ4v) is 4.65. The highest BCUT2D eigenvalue weighted by Crippen LogP contribution is 2.20. The molecule has 2 rings (SSSR count). The summed E-state index contributed by atoms with van der Waals surface area (Å²) < 4.78 is 29.3. The lowest BCUT2D eigenvalue weighted by atomic mass is 10.0. The van der Waals surface area contributed by atoms with Crippen molar-refractivity contribution in [3.8, 4) is 0 Å². The molecule has 0 radical (unpaired) electrons. The van der Waals surface area contributed by atoms with E-state index in [0.29, 0.717) is 13.0 Å². The summed E-state index contributed by atoms with van der Waals surface area (Å²) in [6.07, 6.45) is 2.41. The van der Waals surface area contributed by atoms with E-state index >= 15 is 0 Å². The number of aliphatic carboxylic acids is 1. The molecule has 0 amide bonds. The second kappa shape index (κ2) is 7.90. The van der Waals surface area contributed by atoms with E-state index in [1.807, 2.05) is 37.3 Å². The van der Waals surface area contributed by atoms with Crippen LogP contribution in [-0.4, -0.2) is 42.4 Å². The molecule has 1 heterocycles. The Labute approximate surface area is 137 Å². The van der Waals surface area contributed by atoms with Gasteiger partial charge in [0, 0.05) is 25.0 Å².